The van der Waals surface area contributed by atoms with Crippen molar-refractivity contribution in [1.29, 1.82) is 0 Å². The summed E-state index contributed by atoms with van der Waals surface area (Å²) >= 11 is 0. The van der Waals surface area contributed by atoms with Crippen molar-refractivity contribution in [3.8, 4) is 22.9 Å². The highest BCUT2D eigenvalue weighted by Crippen LogP contribution is 2.53. The molecule has 1 amide bonds. The molecule has 2 aliphatic rings. The quantitative estimate of drug-likeness (QED) is 0.425. The summed E-state index contributed by atoms with van der Waals surface area (Å²) in [5.74, 6) is 2.83. The van der Waals surface area contributed by atoms with Crippen LogP contribution < -0.4 is 5.73 Å². The van der Waals surface area contributed by atoms with Crippen molar-refractivity contribution in [2.45, 2.75) is 46.8 Å². The van der Waals surface area contributed by atoms with Crippen molar-refractivity contribution in [3.63, 3.8) is 0 Å². The van der Waals surface area contributed by atoms with Crippen LogP contribution in [0.15, 0.2) is 24.4 Å². The third-order valence-electron chi connectivity index (χ3n) is 7.75. The van der Waals surface area contributed by atoms with Gasteiger partial charge in [0.1, 0.15) is 5.69 Å². The van der Waals surface area contributed by atoms with E-state index in [1.807, 2.05) is 41.5 Å². The molecule has 2 fully saturated rings. The molecule has 4 aromatic rings. The van der Waals surface area contributed by atoms with E-state index in [-0.39, 0.29) is 0 Å². The Labute approximate surface area is 203 Å². The first-order valence-corrected chi connectivity index (χ1v) is 12.3. The minimum atomic E-state index is -0.476. The summed E-state index contributed by atoms with van der Waals surface area (Å²) in [6.07, 6.45) is 1.86. The van der Waals surface area contributed by atoms with Gasteiger partial charge in [0.15, 0.2) is 11.6 Å². The molecule has 3 aromatic heterocycles. The molecule has 1 aliphatic heterocycles. The lowest BCUT2D eigenvalue weighted by Crippen LogP contribution is -2.31. The van der Waals surface area contributed by atoms with Crippen LogP contribution in [0.25, 0.3) is 33.8 Å². The van der Waals surface area contributed by atoms with Gasteiger partial charge in [-0.15, -0.1) is 10.2 Å². The fourth-order valence-corrected chi connectivity index (χ4v) is 5.71. The van der Waals surface area contributed by atoms with Crippen LogP contribution in [0.4, 0.5) is 0 Å². The molecular formula is C25H31N9O. The molecule has 0 bridgehead atoms. The van der Waals surface area contributed by atoms with Gasteiger partial charge in [0, 0.05) is 48.7 Å². The summed E-state index contributed by atoms with van der Waals surface area (Å²) in [7, 11) is 0. The van der Waals surface area contributed by atoms with E-state index < -0.39 is 5.91 Å². The fourth-order valence-electron chi connectivity index (χ4n) is 5.71. The second-order valence-corrected chi connectivity index (χ2v) is 10.2. The number of aryl methyl sites for hydroxylation is 2. The van der Waals surface area contributed by atoms with Crippen molar-refractivity contribution in [2.24, 2.45) is 23.5 Å². The molecule has 3 atom stereocenters. The molecule has 0 unspecified atom stereocenters. The lowest BCUT2D eigenvalue weighted by atomic mass is 10.0. The molecule has 35 heavy (non-hydrogen) atoms. The van der Waals surface area contributed by atoms with Crippen LogP contribution in [0.3, 0.4) is 0 Å². The minimum absolute atomic E-state index is 0.434. The molecule has 0 radical (unpaired) electrons. The zero-order valence-corrected chi connectivity index (χ0v) is 20.6. The molecule has 4 heterocycles. The van der Waals surface area contributed by atoms with Crippen LogP contribution >= 0.6 is 0 Å². The summed E-state index contributed by atoms with van der Waals surface area (Å²) in [6, 6.07) is 6.20. The maximum atomic E-state index is 12.2. The first-order valence-electron chi connectivity index (χ1n) is 12.3. The highest BCUT2D eigenvalue weighted by Gasteiger charge is 2.55. The number of H-pyrrole nitrogens is 1. The van der Waals surface area contributed by atoms with E-state index in [0.717, 1.165) is 52.8 Å². The van der Waals surface area contributed by atoms with E-state index >= 15 is 0 Å². The number of nitrogens with zero attached hydrogens (tertiary/aromatic N) is 7. The van der Waals surface area contributed by atoms with Crippen molar-refractivity contribution < 1.29 is 4.79 Å². The maximum Gasteiger partial charge on any atom is 0.248 e. The van der Waals surface area contributed by atoms with Gasteiger partial charge in [-0.25, -0.2) is 0 Å². The smallest absolute Gasteiger partial charge is 0.248 e. The van der Waals surface area contributed by atoms with Crippen molar-refractivity contribution in [3.05, 3.63) is 35.7 Å². The number of carbonyl (C=O) groups excluding carboxylic acids is 1. The number of primary amides is 1. The van der Waals surface area contributed by atoms with Gasteiger partial charge in [0.2, 0.25) is 5.91 Å². The van der Waals surface area contributed by atoms with Crippen molar-refractivity contribution >= 4 is 16.8 Å². The number of nitrogens with two attached hydrogens (primary N) is 1. The number of hydrogen-bond donors (Lipinski definition) is 2. The van der Waals surface area contributed by atoms with Gasteiger partial charge in [-0.2, -0.15) is 10.2 Å². The molecule has 6 rings (SSSR count). The zero-order chi connectivity index (χ0) is 24.4. The number of aromatic amines is 1. The Hall–Kier alpha value is -3.53. The van der Waals surface area contributed by atoms with E-state index in [1.165, 1.54) is 13.1 Å². The average Bonchev–Trinajstić information content (AvgIpc) is 3.41. The number of fused-ring (bicyclic) bond motifs is 2. The molecule has 10 nitrogen and oxygen atoms in total. The third-order valence-corrected chi connectivity index (χ3v) is 7.75. The largest absolute Gasteiger partial charge is 0.366 e. The minimum Gasteiger partial charge on any atom is -0.366 e. The lowest BCUT2D eigenvalue weighted by molar-refractivity contribution is 0.100. The van der Waals surface area contributed by atoms with Crippen LogP contribution in [0.5, 0.6) is 0 Å². The van der Waals surface area contributed by atoms with E-state index in [4.69, 9.17) is 10.8 Å². The second-order valence-electron chi connectivity index (χ2n) is 10.2. The molecule has 1 saturated carbocycles. The molecule has 1 aliphatic carbocycles. The number of amides is 1. The fraction of sp³-hybridized carbons (Fsp3) is 0.480. The maximum absolute atomic E-state index is 12.2. The van der Waals surface area contributed by atoms with Crippen LogP contribution in [-0.4, -0.2) is 64.7 Å². The Balaban J connectivity index is 1.34. The lowest BCUT2D eigenvalue weighted by Gasteiger charge is -2.23. The summed E-state index contributed by atoms with van der Waals surface area (Å²) in [5.41, 5.74) is 9.60. The monoisotopic (exact) mass is 473 g/mol. The van der Waals surface area contributed by atoms with Crippen LogP contribution in [-0.2, 0) is 13.1 Å². The standard InChI is InChI=1S/C25H31N9O/c1-5-33-22(6-14(4)31-33)25-28-24(29-30-25)16-7-15(23(26)35)8-21-17(16)9-27-34(21)12-20-18-10-32(13(2)3)11-19(18)20/h6-9,13,18-20H,5,10-12H2,1-4H3,(H2,26,35)(H,28,29,30)/t18-,19+,20+. The number of hydrogen-bond acceptors (Lipinski definition) is 6. The number of aromatic nitrogens is 7. The Morgan fingerprint density at radius 1 is 1.14 bits per heavy atom. The normalized spacial score (nSPS) is 21.8. The molecule has 3 N–H and O–H groups in total. The first kappa shape index (κ1) is 22.0. The molecule has 1 saturated heterocycles. The van der Waals surface area contributed by atoms with Gasteiger partial charge in [-0.05, 0) is 63.6 Å². The van der Waals surface area contributed by atoms with Crippen LogP contribution in [0.1, 0.15) is 36.8 Å². The van der Waals surface area contributed by atoms with E-state index in [9.17, 15) is 4.79 Å². The number of carbonyl (C=O) groups is 1. The van der Waals surface area contributed by atoms with E-state index in [1.54, 1.807) is 6.07 Å². The number of likely N-dealkylation sites (tertiary alicyclic amines) is 1. The van der Waals surface area contributed by atoms with Gasteiger partial charge in [0.05, 0.1) is 17.4 Å². The highest BCUT2D eigenvalue weighted by molar-refractivity contribution is 6.02. The van der Waals surface area contributed by atoms with Gasteiger partial charge >= 0.3 is 0 Å². The zero-order valence-electron chi connectivity index (χ0n) is 20.6. The Morgan fingerprint density at radius 3 is 2.57 bits per heavy atom. The molecule has 10 heteroatoms. The van der Waals surface area contributed by atoms with Gasteiger partial charge in [-0.3, -0.25) is 14.2 Å². The van der Waals surface area contributed by atoms with Crippen LogP contribution in [0.2, 0.25) is 0 Å². The predicted octanol–water partition coefficient (Wildman–Crippen LogP) is 2.70. The topological polar surface area (TPSA) is 124 Å². The summed E-state index contributed by atoms with van der Waals surface area (Å²) in [4.78, 5) is 18.1. The molecule has 1 aromatic carbocycles. The molecular weight excluding hydrogens is 442 g/mol. The predicted molar refractivity (Wildman–Crippen MR) is 132 cm³/mol. The summed E-state index contributed by atoms with van der Waals surface area (Å²) in [6.45, 7) is 12.4. The Kier molecular flexibility index (Phi) is 5.03. The van der Waals surface area contributed by atoms with Gasteiger partial charge in [-0.1, -0.05) is 0 Å². The number of benzene rings is 1. The molecule has 182 valence electrons. The number of piperidine rings is 1. The second kappa shape index (κ2) is 8.01. The van der Waals surface area contributed by atoms with Gasteiger partial charge in [0.25, 0.3) is 0 Å². The van der Waals surface area contributed by atoms with Crippen molar-refractivity contribution in [2.75, 3.05) is 13.1 Å². The number of nitrogens with one attached hydrogen (secondary N) is 1. The number of rotatable bonds is 7. The van der Waals surface area contributed by atoms with E-state index in [2.05, 4.69) is 39.0 Å². The summed E-state index contributed by atoms with van der Waals surface area (Å²) in [5, 5.41) is 18.9. The average molecular weight is 474 g/mol. The first-order chi connectivity index (χ1) is 16.8. The Morgan fingerprint density at radius 2 is 1.89 bits per heavy atom. The Bertz CT molecular complexity index is 1420. The van der Waals surface area contributed by atoms with Crippen LogP contribution in [0, 0.1) is 24.7 Å². The van der Waals surface area contributed by atoms with Gasteiger partial charge < -0.3 is 15.6 Å². The summed E-state index contributed by atoms with van der Waals surface area (Å²) < 4.78 is 3.92. The van der Waals surface area contributed by atoms with Crippen molar-refractivity contribution in [1.82, 2.24) is 39.6 Å². The third kappa shape index (κ3) is 3.63. The van der Waals surface area contributed by atoms with E-state index in [0.29, 0.717) is 29.2 Å². The SMILES string of the molecule is CCn1nc(C)cc1-c1nnc(-c2cc(C(N)=O)cc3c2cnn3C[C@H]2[C@@H]3CN(C(C)C)C[C@@H]32)[nH]1. The highest BCUT2D eigenvalue weighted by atomic mass is 16.1. The molecule has 0 spiro atoms.